The van der Waals surface area contributed by atoms with Gasteiger partial charge in [-0.05, 0) is 12.1 Å². The number of hydrogen-bond donors (Lipinski definition) is 1. The minimum Gasteiger partial charge on any atom is -0.384 e. The Morgan fingerprint density at radius 3 is 2.08 bits per heavy atom. The van der Waals surface area contributed by atoms with Crippen LogP contribution in [0, 0.1) is 0 Å². The van der Waals surface area contributed by atoms with E-state index in [1.54, 1.807) is 12.3 Å². The van der Waals surface area contributed by atoms with Crippen molar-refractivity contribution in [1.82, 2.24) is 4.98 Å². The third-order valence-corrected chi connectivity index (χ3v) is 1.12. The maximum absolute atomic E-state index is 9.85. The van der Waals surface area contributed by atoms with Gasteiger partial charge in [-0.3, -0.25) is 0 Å². The minimum atomic E-state index is -0.407. The third-order valence-electron chi connectivity index (χ3n) is 1.12. The molecule has 0 aromatic carbocycles. The molecule has 0 fully saturated rings. The van der Waals surface area contributed by atoms with Crippen molar-refractivity contribution in [1.29, 1.82) is 0 Å². The molecular weight excluding hydrogens is 168 g/mol. The predicted octanol–water partition coefficient (Wildman–Crippen LogP) is 0.925. The van der Waals surface area contributed by atoms with Gasteiger partial charge < -0.3 is 5.73 Å². The van der Waals surface area contributed by atoms with Gasteiger partial charge in [0, 0.05) is 6.20 Å². The Morgan fingerprint density at radius 1 is 1.15 bits per heavy atom. The first kappa shape index (κ1) is 9.05. The van der Waals surface area contributed by atoms with Gasteiger partial charge in [-0.15, -0.1) is 0 Å². The van der Waals surface area contributed by atoms with E-state index in [0.29, 0.717) is 5.82 Å². The number of aliphatic imine (C=N–C) groups is 2. The molecular formula is C8H8N4O. The van der Waals surface area contributed by atoms with E-state index in [1.165, 1.54) is 12.4 Å². The summed E-state index contributed by atoms with van der Waals surface area (Å²) in [5.41, 5.74) is 5.25. The second-order valence-corrected chi connectivity index (χ2v) is 2.09. The molecule has 2 rings (SSSR count). The maximum Gasteiger partial charge on any atom is 0.367 e. The Hall–Kier alpha value is -2.04. The molecule has 2 amide bonds. The van der Waals surface area contributed by atoms with Gasteiger partial charge in [0.2, 0.25) is 0 Å². The standard InChI is InChI=1S/C5H6N2.C3H2N2O/c6-5-3-1-2-4-7-5;6-3-4-1-2-5-3/h1-4H,(H2,6,7);1-2H. The Kier molecular flexibility index (Phi) is 3.31. The number of anilines is 1. The van der Waals surface area contributed by atoms with E-state index in [0.717, 1.165) is 0 Å². The summed E-state index contributed by atoms with van der Waals surface area (Å²) >= 11 is 0. The van der Waals surface area contributed by atoms with Crippen LogP contribution >= 0.6 is 0 Å². The fourth-order valence-corrected chi connectivity index (χ4v) is 0.603. The molecule has 0 atom stereocenters. The minimum absolute atomic E-state index is 0.407. The molecule has 1 aliphatic heterocycles. The van der Waals surface area contributed by atoms with Crippen molar-refractivity contribution < 1.29 is 4.79 Å². The van der Waals surface area contributed by atoms with Crippen LogP contribution < -0.4 is 5.73 Å². The Balaban J connectivity index is 0.000000132. The highest BCUT2D eigenvalue weighted by molar-refractivity contribution is 6.25. The fourth-order valence-electron chi connectivity index (χ4n) is 0.603. The largest absolute Gasteiger partial charge is 0.384 e. The van der Waals surface area contributed by atoms with Crippen LogP contribution in [0.15, 0.2) is 34.4 Å². The first-order chi connectivity index (χ1) is 6.29. The maximum atomic E-state index is 9.85. The molecule has 0 radical (unpaired) electrons. The van der Waals surface area contributed by atoms with E-state index in [2.05, 4.69) is 15.0 Å². The molecule has 0 bridgehead atoms. The number of rotatable bonds is 0. The van der Waals surface area contributed by atoms with Gasteiger partial charge >= 0.3 is 6.03 Å². The Labute approximate surface area is 75.0 Å². The molecule has 1 aromatic rings. The number of urea groups is 1. The molecule has 1 aromatic heterocycles. The summed E-state index contributed by atoms with van der Waals surface area (Å²) in [5, 5.41) is 0. The second kappa shape index (κ2) is 4.76. The van der Waals surface area contributed by atoms with Gasteiger partial charge in [0.05, 0.1) is 12.4 Å². The lowest BCUT2D eigenvalue weighted by Crippen LogP contribution is -1.85. The molecule has 0 saturated carbocycles. The lowest BCUT2D eigenvalue weighted by atomic mass is 10.5. The van der Waals surface area contributed by atoms with Gasteiger partial charge in [-0.2, -0.15) is 9.98 Å². The summed E-state index contributed by atoms with van der Waals surface area (Å²) in [6, 6.07) is 5.02. The van der Waals surface area contributed by atoms with Crippen LogP contribution in [0.2, 0.25) is 0 Å². The van der Waals surface area contributed by atoms with Gasteiger partial charge in [0.1, 0.15) is 5.82 Å². The van der Waals surface area contributed by atoms with E-state index >= 15 is 0 Å². The smallest absolute Gasteiger partial charge is 0.367 e. The average Bonchev–Trinajstić information content (AvgIpc) is 2.58. The molecule has 0 saturated heterocycles. The molecule has 5 heteroatoms. The van der Waals surface area contributed by atoms with Crippen LogP contribution in [0.5, 0.6) is 0 Å². The van der Waals surface area contributed by atoms with Crippen molar-refractivity contribution >= 4 is 24.3 Å². The molecule has 0 unspecified atom stereocenters. The number of nitrogens with zero attached hydrogens (tertiary/aromatic N) is 3. The van der Waals surface area contributed by atoms with Gasteiger partial charge in [0.15, 0.2) is 0 Å². The van der Waals surface area contributed by atoms with Crippen molar-refractivity contribution in [2.24, 2.45) is 9.98 Å². The van der Waals surface area contributed by atoms with E-state index < -0.39 is 6.03 Å². The van der Waals surface area contributed by atoms with Crippen LogP contribution in [-0.4, -0.2) is 23.4 Å². The summed E-state index contributed by atoms with van der Waals surface area (Å²) in [6.07, 6.45) is 4.39. The van der Waals surface area contributed by atoms with E-state index in [-0.39, 0.29) is 0 Å². The molecule has 66 valence electrons. The lowest BCUT2D eigenvalue weighted by Gasteiger charge is -1.82. The summed E-state index contributed by atoms with van der Waals surface area (Å²) in [4.78, 5) is 20.1. The lowest BCUT2D eigenvalue weighted by molar-refractivity contribution is 0.257. The highest BCUT2D eigenvalue weighted by atomic mass is 16.2. The number of nitrogens with two attached hydrogens (primary N) is 1. The third kappa shape index (κ3) is 3.76. The van der Waals surface area contributed by atoms with Crippen LogP contribution in [0.25, 0.3) is 0 Å². The number of nitrogen functional groups attached to an aromatic ring is 1. The number of aromatic nitrogens is 1. The van der Waals surface area contributed by atoms with Crippen molar-refractivity contribution in [3.63, 3.8) is 0 Å². The molecule has 5 nitrogen and oxygen atoms in total. The van der Waals surface area contributed by atoms with Crippen LogP contribution in [0.1, 0.15) is 0 Å². The first-order valence-electron chi connectivity index (χ1n) is 3.56. The molecule has 2 heterocycles. The normalized spacial score (nSPS) is 12.5. The number of carbonyl (C=O) groups excluding carboxylic acids is 1. The van der Waals surface area contributed by atoms with Gasteiger partial charge in [0.25, 0.3) is 0 Å². The predicted molar refractivity (Wildman–Crippen MR) is 51.0 cm³/mol. The summed E-state index contributed by atoms with van der Waals surface area (Å²) in [6.45, 7) is 0. The molecule has 0 spiro atoms. The topological polar surface area (TPSA) is 80.7 Å². The first-order valence-corrected chi connectivity index (χ1v) is 3.56. The highest BCUT2D eigenvalue weighted by Gasteiger charge is 1.91. The van der Waals surface area contributed by atoms with Gasteiger partial charge in [-0.25, -0.2) is 9.78 Å². The van der Waals surface area contributed by atoms with E-state index in [9.17, 15) is 4.79 Å². The Morgan fingerprint density at radius 2 is 1.85 bits per heavy atom. The zero-order valence-corrected chi connectivity index (χ0v) is 6.79. The summed E-state index contributed by atoms with van der Waals surface area (Å²) < 4.78 is 0. The number of amides is 2. The van der Waals surface area contributed by atoms with Crippen molar-refractivity contribution in [2.75, 3.05) is 5.73 Å². The summed E-state index contributed by atoms with van der Waals surface area (Å²) in [5.74, 6) is 0.572. The number of carbonyl (C=O) groups is 1. The Bertz CT molecular complexity index is 317. The quantitative estimate of drug-likeness (QED) is 0.638. The summed E-state index contributed by atoms with van der Waals surface area (Å²) in [7, 11) is 0. The van der Waals surface area contributed by atoms with Crippen LogP contribution in [0.3, 0.4) is 0 Å². The van der Waals surface area contributed by atoms with Crippen molar-refractivity contribution in [2.45, 2.75) is 0 Å². The number of pyridine rings is 1. The second-order valence-electron chi connectivity index (χ2n) is 2.09. The average molecular weight is 176 g/mol. The molecule has 13 heavy (non-hydrogen) atoms. The monoisotopic (exact) mass is 176 g/mol. The molecule has 0 aliphatic carbocycles. The van der Waals surface area contributed by atoms with Gasteiger partial charge in [-0.1, -0.05) is 6.07 Å². The van der Waals surface area contributed by atoms with Crippen LogP contribution in [-0.2, 0) is 0 Å². The number of hydrogen-bond acceptors (Lipinski definition) is 3. The zero-order valence-electron chi connectivity index (χ0n) is 6.79. The van der Waals surface area contributed by atoms with Crippen LogP contribution in [0.4, 0.5) is 10.6 Å². The van der Waals surface area contributed by atoms with Crippen molar-refractivity contribution in [3.05, 3.63) is 24.4 Å². The van der Waals surface area contributed by atoms with E-state index in [4.69, 9.17) is 5.73 Å². The fraction of sp³-hybridized carbons (Fsp3) is 0. The SMILES string of the molecule is Nc1ccccn1.O=C1N=CC=N1. The van der Waals surface area contributed by atoms with Crippen molar-refractivity contribution in [3.8, 4) is 0 Å². The zero-order chi connectivity index (χ0) is 9.52. The highest BCUT2D eigenvalue weighted by Crippen LogP contribution is 1.89. The molecule has 2 N–H and O–H groups in total. The molecule has 1 aliphatic rings. The van der Waals surface area contributed by atoms with E-state index in [1.807, 2.05) is 12.1 Å².